The predicted octanol–water partition coefficient (Wildman–Crippen LogP) is 12.5. The SMILES string of the molecule is Cc1cc(C)c(-c2ccc3c(c2)OB2c4cc(-c5ccccc5)ccc4N(c4ccc(-c5ccccc5)cc4)c4cc5c(oc6ccccc65)c-3c42)c(C)c1. The van der Waals surface area contributed by atoms with E-state index < -0.39 is 0 Å². The minimum absolute atomic E-state index is 0.357. The van der Waals surface area contributed by atoms with Gasteiger partial charge in [-0.25, -0.2) is 0 Å². The van der Waals surface area contributed by atoms with Gasteiger partial charge < -0.3 is 14.0 Å². The average molecular weight is 706 g/mol. The van der Waals surface area contributed by atoms with Crippen molar-refractivity contribution in [1.29, 1.82) is 0 Å². The second-order valence-corrected chi connectivity index (χ2v) is 15.0. The Morgan fingerprint density at radius 2 is 1.13 bits per heavy atom. The topological polar surface area (TPSA) is 25.6 Å². The summed E-state index contributed by atoms with van der Waals surface area (Å²) in [4.78, 5) is 2.43. The van der Waals surface area contributed by atoms with Gasteiger partial charge in [-0.05, 0) is 113 Å². The van der Waals surface area contributed by atoms with Gasteiger partial charge in [0.25, 0.3) is 0 Å². The van der Waals surface area contributed by atoms with Crippen molar-refractivity contribution in [2.24, 2.45) is 0 Å². The van der Waals surface area contributed by atoms with Crippen molar-refractivity contribution in [2.75, 3.05) is 4.90 Å². The fraction of sp³-hybridized carbons (Fsp3) is 0.0588. The molecule has 0 radical (unpaired) electrons. The van der Waals surface area contributed by atoms with Gasteiger partial charge in [0.15, 0.2) is 0 Å². The first-order valence-corrected chi connectivity index (χ1v) is 19.0. The molecule has 2 aliphatic rings. The van der Waals surface area contributed by atoms with E-state index >= 15 is 0 Å². The number of para-hydroxylation sites is 1. The molecule has 0 N–H and O–H groups in total. The van der Waals surface area contributed by atoms with Gasteiger partial charge in [-0.1, -0.05) is 127 Å². The second-order valence-electron chi connectivity index (χ2n) is 15.0. The lowest BCUT2D eigenvalue weighted by Gasteiger charge is -2.40. The summed E-state index contributed by atoms with van der Waals surface area (Å²) in [6.07, 6.45) is 0. The number of rotatable bonds is 4. The van der Waals surface area contributed by atoms with Crippen LogP contribution in [-0.4, -0.2) is 6.92 Å². The Bertz CT molecular complexity index is 2960. The van der Waals surface area contributed by atoms with Crippen LogP contribution in [0.5, 0.6) is 5.75 Å². The van der Waals surface area contributed by atoms with Crippen LogP contribution in [0.3, 0.4) is 0 Å². The number of hydrogen-bond acceptors (Lipinski definition) is 3. The highest BCUT2D eigenvalue weighted by Gasteiger charge is 2.44. The standard InChI is InChI=1S/C51H36BNO2/c1-31-26-32(2)48(33(3)27-31)38-20-24-41-47(29-38)55-52-43-28-37(35-14-8-5-9-15-35)21-25-44(43)53(39-22-18-36(19-23-39)34-12-6-4-7-13-34)45-30-42-40-16-10-11-17-46(40)54-51(42)49(41)50(45)52/h4-30H,1-3H3. The molecule has 0 aliphatic carbocycles. The van der Waals surface area contributed by atoms with E-state index in [1.54, 1.807) is 0 Å². The monoisotopic (exact) mass is 705 g/mol. The Balaban J connectivity index is 1.20. The Morgan fingerprint density at radius 1 is 0.491 bits per heavy atom. The number of hydrogen-bond donors (Lipinski definition) is 0. The maximum Gasteiger partial charge on any atom is 0.431 e. The summed E-state index contributed by atoms with van der Waals surface area (Å²) in [5.74, 6) is 0.866. The highest BCUT2D eigenvalue weighted by Crippen LogP contribution is 2.49. The van der Waals surface area contributed by atoms with E-state index in [2.05, 4.69) is 189 Å². The van der Waals surface area contributed by atoms with Gasteiger partial charge in [0.05, 0.1) is 0 Å². The molecule has 0 spiro atoms. The second kappa shape index (κ2) is 12.1. The third-order valence-corrected chi connectivity index (χ3v) is 11.5. The lowest BCUT2D eigenvalue weighted by molar-refractivity contribution is 0.589. The third-order valence-electron chi connectivity index (χ3n) is 11.5. The lowest BCUT2D eigenvalue weighted by Crippen LogP contribution is -2.56. The fourth-order valence-corrected chi connectivity index (χ4v) is 9.22. The predicted molar refractivity (Wildman–Crippen MR) is 230 cm³/mol. The van der Waals surface area contributed by atoms with Crippen LogP contribution < -0.4 is 20.5 Å². The average Bonchev–Trinajstić information content (AvgIpc) is 3.59. The molecule has 0 bridgehead atoms. The van der Waals surface area contributed by atoms with Gasteiger partial charge in [-0.2, -0.15) is 0 Å². The van der Waals surface area contributed by atoms with Gasteiger partial charge in [0.1, 0.15) is 16.9 Å². The summed E-state index contributed by atoms with van der Waals surface area (Å²) in [5, 5.41) is 2.20. The normalized spacial score (nSPS) is 12.7. The Morgan fingerprint density at radius 3 is 1.87 bits per heavy atom. The van der Waals surface area contributed by atoms with Crippen LogP contribution in [0, 0.1) is 20.8 Å². The summed E-state index contributed by atoms with van der Waals surface area (Å²) >= 11 is 0. The highest BCUT2D eigenvalue weighted by atomic mass is 16.4. The molecule has 0 saturated carbocycles. The first-order valence-electron chi connectivity index (χ1n) is 19.0. The van der Waals surface area contributed by atoms with Crippen molar-refractivity contribution in [2.45, 2.75) is 20.8 Å². The van der Waals surface area contributed by atoms with Crippen LogP contribution in [0.25, 0.3) is 66.4 Å². The zero-order valence-corrected chi connectivity index (χ0v) is 30.9. The lowest BCUT2D eigenvalue weighted by atomic mass is 9.49. The van der Waals surface area contributed by atoms with Crippen LogP contribution in [0.4, 0.5) is 17.1 Å². The van der Waals surface area contributed by atoms with Crippen LogP contribution in [0.1, 0.15) is 16.7 Å². The van der Waals surface area contributed by atoms with E-state index in [-0.39, 0.29) is 6.92 Å². The number of aryl methyl sites for hydroxylation is 3. The third kappa shape index (κ3) is 4.91. The molecular weight excluding hydrogens is 669 g/mol. The van der Waals surface area contributed by atoms with Gasteiger partial charge in [-0.3, -0.25) is 0 Å². The Hall–Kier alpha value is -6.78. The molecule has 0 atom stereocenters. The maximum absolute atomic E-state index is 7.34. The molecule has 4 heteroatoms. The molecule has 3 heterocycles. The molecule has 9 aromatic rings. The maximum atomic E-state index is 7.34. The molecule has 3 nitrogen and oxygen atoms in total. The molecule has 11 rings (SSSR count). The van der Waals surface area contributed by atoms with Gasteiger partial charge in [0, 0.05) is 44.4 Å². The van der Waals surface area contributed by atoms with Crippen molar-refractivity contribution >= 4 is 56.8 Å². The zero-order chi connectivity index (χ0) is 36.8. The summed E-state index contributed by atoms with van der Waals surface area (Å²) in [5.41, 5.74) is 20.4. The molecule has 55 heavy (non-hydrogen) atoms. The molecule has 1 aromatic heterocycles. The molecule has 0 saturated heterocycles. The zero-order valence-electron chi connectivity index (χ0n) is 30.9. The van der Waals surface area contributed by atoms with Crippen LogP contribution >= 0.6 is 0 Å². The number of nitrogens with zero attached hydrogens (tertiary/aromatic N) is 1. The highest BCUT2D eigenvalue weighted by molar-refractivity contribution is 6.86. The van der Waals surface area contributed by atoms with E-state index in [9.17, 15) is 0 Å². The first-order chi connectivity index (χ1) is 27.0. The van der Waals surface area contributed by atoms with Crippen molar-refractivity contribution in [1.82, 2.24) is 0 Å². The summed E-state index contributed by atoms with van der Waals surface area (Å²) in [6.45, 7) is 6.22. The van der Waals surface area contributed by atoms with Crippen molar-refractivity contribution in [3.05, 3.63) is 180 Å². The quantitative estimate of drug-likeness (QED) is 0.171. The van der Waals surface area contributed by atoms with Gasteiger partial charge in [0.2, 0.25) is 0 Å². The Labute approximate surface area is 321 Å². The van der Waals surface area contributed by atoms with E-state index in [0.29, 0.717) is 0 Å². The summed E-state index contributed by atoms with van der Waals surface area (Å²) < 4.78 is 14.2. The number of benzene rings is 8. The molecule has 8 aromatic carbocycles. The van der Waals surface area contributed by atoms with Crippen molar-refractivity contribution in [3.63, 3.8) is 0 Å². The van der Waals surface area contributed by atoms with Crippen LogP contribution in [-0.2, 0) is 0 Å². The van der Waals surface area contributed by atoms with E-state index in [1.807, 2.05) is 0 Å². The minimum Gasteiger partial charge on any atom is -0.551 e. The summed E-state index contributed by atoms with van der Waals surface area (Å²) in [7, 11) is 0. The smallest absolute Gasteiger partial charge is 0.431 e. The minimum atomic E-state index is -0.357. The first kappa shape index (κ1) is 31.7. The van der Waals surface area contributed by atoms with Gasteiger partial charge >= 0.3 is 6.92 Å². The molecule has 0 amide bonds. The van der Waals surface area contributed by atoms with E-state index in [4.69, 9.17) is 9.07 Å². The van der Waals surface area contributed by atoms with Crippen LogP contribution in [0.15, 0.2) is 168 Å². The largest absolute Gasteiger partial charge is 0.551 e. The number of anilines is 3. The molecule has 0 unspecified atom stereocenters. The van der Waals surface area contributed by atoms with E-state index in [1.165, 1.54) is 38.9 Å². The molecule has 2 aliphatic heterocycles. The van der Waals surface area contributed by atoms with E-state index in [0.717, 1.165) is 77.9 Å². The van der Waals surface area contributed by atoms with Crippen molar-refractivity contribution in [3.8, 4) is 50.3 Å². The number of fused-ring (bicyclic) bond motifs is 8. The van der Waals surface area contributed by atoms with Crippen LogP contribution in [0.2, 0.25) is 0 Å². The molecule has 260 valence electrons. The summed E-state index contributed by atoms with van der Waals surface area (Å²) in [6, 6.07) is 59.0. The van der Waals surface area contributed by atoms with Gasteiger partial charge in [-0.15, -0.1) is 0 Å². The Kier molecular flexibility index (Phi) is 6.99. The number of furan rings is 1. The molecular formula is C51H36BNO2. The van der Waals surface area contributed by atoms with Crippen molar-refractivity contribution < 1.29 is 9.07 Å². The molecule has 0 fully saturated rings. The fourth-order valence-electron chi connectivity index (χ4n) is 9.22.